The van der Waals surface area contributed by atoms with Gasteiger partial charge in [0.1, 0.15) is 0 Å². The third-order valence-electron chi connectivity index (χ3n) is 3.50. The first-order chi connectivity index (χ1) is 6.66. The van der Waals surface area contributed by atoms with Crippen LogP contribution in [0.2, 0.25) is 0 Å². The third kappa shape index (κ3) is 1.48. The van der Waals surface area contributed by atoms with Gasteiger partial charge in [0.15, 0.2) is 0 Å². The van der Waals surface area contributed by atoms with Gasteiger partial charge in [-0.3, -0.25) is 0 Å². The Balaban J connectivity index is 2.81. The summed E-state index contributed by atoms with van der Waals surface area (Å²) < 4.78 is -0.807. The van der Waals surface area contributed by atoms with Crippen LogP contribution in [0.25, 0.3) is 0 Å². The van der Waals surface area contributed by atoms with Crippen LogP contribution in [-0.2, 0) is 0 Å². The topological polar surface area (TPSA) is 60.7 Å². The standard InChI is InChI=1S/C10H20O3S/c1-3-8(4-2)10(7-13)9(5-11,6-12)14-10/h8,11-13H,3-7H2,1-2H3. The van der Waals surface area contributed by atoms with Crippen molar-refractivity contribution >= 4 is 11.8 Å². The van der Waals surface area contributed by atoms with E-state index in [4.69, 9.17) is 0 Å². The first-order valence-electron chi connectivity index (χ1n) is 5.19. The van der Waals surface area contributed by atoms with E-state index in [1.165, 1.54) is 11.8 Å². The largest absolute Gasteiger partial charge is 0.395 e. The lowest BCUT2D eigenvalue weighted by molar-refractivity contribution is 0.118. The fraction of sp³-hybridized carbons (Fsp3) is 1.00. The molecular formula is C10H20O3S. The van der Waals surface area contributed by atoms with Crippen LogP contribution < -0.4 is 0 Å². The second kappa shape index (κ2) is 4.39. The van der Waals surface area contributed by atoms with Crippen LogP contribution >= 0.6 is 11.8 Å². The van der Waals surface area contributed by atoms with Crippen molar-refractivity contribution in [3.63, 3.8) is 0 Å². The predicted molar refractivity (Wildman–Crippen MR) is 58.4 cm³/mol. The van der Waals surface area contributed by atoms with Gasteiger partial charge in [0.05, 0.1) is 29.3 Å². The van der Waals surface area contributed by atoms with Gasteiger partial charge >= 0.3 is 0 Å². The monoisotopic (exact) mass is 220 g/mol. The first-order valence-corrected chi connectivity index (χ1v) is 6.00. The average molecular weight is 220 g/mol. The quantitative estimate of drug-likeness (QED) is 0.574. The summed E-state index contributed by atoms with van der Waals surface area (Å²) in [5.41, 5.74) is 0. The van der Waals surface area contributed by atoms with Crippen LogP contribution in [0.15, 0.2) is 0 Å². The van der Waals surface area contributed by atoms with Crippen LogP contribution in [0.3, 0.4) is 0 Å². The van der Waals surface area contributed by atoms with Crippen molar-refractivity contribution in [1.82, 2.24) is 0 Å². The van der Waals surface area contributed by atoms with E-state index >= 15 is 0 Å². The number of hydrogen-bond donors (Lipinski definition) is 3. The number of hydrogen-bond acceptors (Lipinski definition) is 4. The van der Waals surface area contributed by atoms with Gasteiger partial charge in [0.25, 0.3) is 0 Å². The zero-order chi connectivity index (χ0) is 10.8. The van der Waals surface area contributed by atoms with Crippen molar-refractivity contribution in [2.45, 2.75) is 36.2 Å². The molecule has 0 aromatic heterocycles. The molecule has 14 heavy (non-hydrogen) atoms. The maximum atomic E-state index is 9.44. The molecule has 4 heteroatoms. The molecule has 84 valence electrons. The molecule has 1 aliphatic heterocycles. The molecule has 1 rings (SSSR count). The molecule has 0 radical (unpaired) electrons. The van der Waals surface area contributed by atoms with Crippen molar-refractivity contribution in [2.75, 3.05) is 19.8 Å². The molecule has 1 saturated heterocycles. The smallest absolute Gasteiger partial charge is 0.0798 e. The number of rotatable bonds is 6. The van der Waals surface area contributed by atoms with Crippen LogP contribution in [0, 0.1) is 5.92 Å². The summed E-state index contributed by atoms with van der Waals surface area (Å²) in [6.45, 7) is 4.12. The van der Waals surface area contributed by atoms with Gasteiger partial charge in [-0.25, -0.2) is 0 Å². The molecule has 1 aliphatic rings. The Kier molecular flexibility index (Phi) is 3.86. The zero-order valence-corrected chi connectivity index (χ0v) is 9.68. The summed E-state index contributed by atoms with van der Waals surface area (Å²) in [6, 6.07) is 0. The lowest BCUT2D eigenvalue weighted by Gasteiger charge is -2.26. The van der Waals surface area contributed by atoms with E-state index in [1.54, 1.807) is 0 Å². The van der Waals surface area contributed by atoms with Gasteiger partial charge in [-0.1, -0.05) is 26.7 Å². The fourth-order valence-corrected chi connectivity index (χ4v) is 4.11. The Hall–Kier alpha value is 0.230. The lowest BCUT2D eigenvalue weighted by atomic mass is 9.80. The van der Waals surface area contributed by atoms with Gasteiger partial charge in [0, 0.05) is 0 Å². The molecule has 0 spiro atoms. The van der Waals surface area contributed by atoms with Gasteiger partial charge in [-0.05, 0) is 5.92 Å². The highest BCUT2D eigenvalue weighted by Gasteiger charge is 2.70. The van der Waals surface area contributed by atoms with Crippen molar-refractivity contribution in [3.8, 4) is 0 Å². The normalized spacial score (nSPS) is 29.6. The maximum Gasteiger partial charge on any atom is 0.0798 e. The van der Waals surface area contributed by atoms with Gasteiger partial charge in [-0.15, -0.1) is 11.8 Å². The number of aliphatic hydroxyl groups excluding tert-OH is 3. The minimum absolute atomic E-state index is 0.0468. The van der Waals surface area contributed by atoms with Gasteiger partial charge < -0.3 is 15.3 Å². The summed E-state index contributed by atoms with van der Waals surface area (Å²) in [5.74, 6) is 0.372. The maximum absolute atomic E-state index is 9.44. The Labute approximate surface area is 89.5 Å². The summed E-state index contributed by atoms with van der Waals surface area (Å²) in [6.07, 6.45) is 1.96. The summed E-state index contributed by atoms with van der Waals surface area (Å²) >= 11 is 1.54. The Bertz CT molecular complexity index is 190. The minimum atomic E-state index is -0.502. The second-order valence-electron chi connectivity index (χ2n) is 3.97. The molecule has 1 atom stereocenters. The Morgan fingerprint density at radius 3 is 1.71 bits per heavy atom. The molecule has 1 fully saturated rings. The van der Waals surface area contributed by atoms with Crippen LogP contribution in [0.4, 0.5) is 0 Å². The minimum Gasteiger partial charge on any atom is -0.395 e. The summed E-state index contributed by atoms with van der Waals surface area (Å²) in [7, 11) is 0. The molecule has 0 aromatic carbocycles. The van der Waals surface area contributed by atoms with E-state index in [2.05, 4.69) is 13.8 Å². The zero-order valence-electron chi connectivity index (χ0n) is 8.86. The molecule has 3 nitrogen and oxygen atoms in total. The first kappa shape index (κ1) is 12.3. The van der Waals surface area contributed by atoms with Crippen LogP contribution in [0.1, 0.15) is 26.7 Å². The van der Waals surface area contributed by atoms with Gasteiger partial charge in [-0.2, -0.15) is 0 Å². The van der Waals surface area contributed by atoms with Crippen molar-refractivity contribution in [3.05, 3.63) is 0 Å². The summed E-state index contributed by atoms with van der Waals surface area (Å²) in [4.78, 5) is 0. The highest BCUT2D eigenvalue weighted by molar-refractivity contribution is 8.09. The molecule has 1 heterocycles. The molecular weight excluding hydrogens is 200 g/mol. The highest BCUT2D eigenvalue weighted by atomic mass is 32.2. The Morgan fingerprint density at radius 1 is 1.00 bits per heavy atom. The van der Waals surface area contributed by atoms with E-state index in [1.807, 2.05) is 0 Å². The molecule has 0 amide bonds. The van der Waals surface area contributed by atoms with E-state index in [0.717, 1.165) is 12.8 Å². The molecule has 0 bridgehead atoms. The molecule has 0 aliphatic carbocycles. The fourth-order valence-electron chi connectivity index (χ4n) is 2.41. The number of aliphatic hydroxyl groups is 3. The summed E-state index contributed by atoms with van der Waals surface area (Å²) in [5, 5.41) is 28.0. The molecule has 0 aromatic rings. The van der Waals surface area contributed by atoms with Crippen molar-refractivity contribution < 1.29 is 15.3 Å². The Morgan fingerprint density at radius 2 is 1.50 bits per heavy atom. The van der Waals surface area contributed by atoms with Gasteiger partial charge in [0.2, 0.25) is 0 Å². The third-order valence-corrected chi connectivity index (χ3v) is 5.52. The second-order valence-corrected chi connectivity index (χ2v) is 5.69. The van der Waals surface area contributed by atoms with Crippen molar-refractivity contribution in [1.29, 1.82) is 0 Å². The van der Waals surface area contributed by atoms with Crippen LogP contribution in [-0.4, -0.2) is 44.6 Å². The SMILES string of the molecule is CCC(CC)C1(CO)SC1(CO)CO. The molecule has 1 unspecified atom stereocenters. The van der Waals surface area contributed by atoms with E-state index in [9.17, 15) is 15.3 Å². The lowest BCUT2D eigenvalue weighted by Crippen LogP contribution is -2.41. The number of thioether (sulfide) groups is 1. The highest BCUT2D eigenvalue weighted by Crippen LogP contribution is 2.67. The van der Waals surface area contributed by atoms with Crippen LogP contribution in [0.5, 0.6) is 0 Å². The van der Waals surface area contributed by atoms with E-state index in [-0.39, 0.29) is 24.6 Å². The molecule has 0 saturated carbocycles. The van der Waals surface area contributed by atoms with E-state index < -0.39 is 4.75 Å². The predicted octanol–water partition coefficient (Wildman–Crippen LogP) is 0.624. The average Bonchev–Trinajstić information content (AvgIpc) is 2.90. The van der Waals surface area contributed by atoms with E-state index in [0.29, 0.717) is 5.92 Å². The molecule has 3 N–H and O–H groups in total. The van der Waals surface area contributed by atoms with Crippen molar-refractivity contribution in [2.24, 2.45) is 5.92 Å².